The predicted octanol–water partition coefficient (Wildman–Crippen LogP) is 3.37. The van der Waals surface area contributed by atoms with E-state index in [1.165, 1.54) is 25.7 Å². The Morgan fingerprint density at radius 2 is 2.11 bits per heavy atom. The van der Waals surface area contributed by atoms with Crippen molar-refractivity contribution in [2.45, 2.75) is 38.1 Å². The Balaban J connectivity index is 2.02. The number of alkyl halides is 1. The molecule has 2 aromatic heterocycles. The zero-order chi connectivity index (χ0) is 13.2. The second-order valence-corrected chi connectivity index (χ2v) is 5.39. The monoisotopic (exact) mass is 279 g/mol. The van der Waals surface area contributed by atoms with Crippen LogP contribution in [0.25, 0.3) is 11.2 Å². The van der Waals surface area contributed by atoms with Gasteiger partial charge in [-0.05, 0) is 24.8 Å². The minimum Gasteiger partial charge on any atom is -0.481 e. The van der Waals surface area contributed by atoms with Crippen LogP contribution in [0.4, 0.5) is 0 Å². The van der Waals surface area contributed by atoms with E-state index in [-0.39, 0.29) is 0 Å². The largest absolute Gasteiger partial charge is 0.481 e. The van der Waals surface area contributed by atoms with Gasteiger partial charge >= 0.3 is 0 Å². The second-order valence-electron chi connectivity index (χ2n) is 5.12. The fraction of sp³-hybridized carbons (Fsp3) is 0.571. The minimum absolute atomic E-state index is 0.422. The lowest BCUT2D eigenvalue weighted by Crippen LogP contribution is -2.10. The van der Waals surface area contributed by atoms with Gasteiger partial charge in [-0.15, -0.1) is 11.6 Å². The average molecular weight is 280 g/mol. The van der Waals surface area contributed by atoms with Gasteiger partial charge in [0.1, 0.15) is 11.3 Å². The molecular weight excluding hydrogens is 262 g/mol. The lowest BCUT2D eigenvalue weighted by Gasteiger charge is -2.12. The van der Waals surface area contributed by atoms with Crippen LogP contribution in [0.3, 0.4) is 0 Å². The molecule has 0 aromatic carbocycles. The summed E-state index contributed by atoms with van der Waals surface area (Å²) in [6.45, 7) is 0.971. The summed E-state index contributed by atoms with van der Waals surface area (Å²) in [5, 5.41) is 0. The Hall–Kier alpha value is -1.29. The van der Waals surface area contributed by atoms with E-state index < -0.39 is 0 Å². The summed E-state index contributed by atoms with van der Waals surface area (Å²) in [7, 11) is 1.63. The molecule has 1 saturated carbocycles. The van der Waals surface area contributed by atoms with Gasteiger partial charge in [-0.25, -0.2) is 4.98 Å². The number of hydrogen-bond acceptors (Lipinski definition) is 3. The SMILES string of the molecule is COc1ccc2nc(CCl)n(CC3CCCC3)c2n1. The van der Waals surface area contributed by atoms with Gasteiger partial charge in [0.05, 0.1) is 13.0 Å². The van der Waals surface area contributed by atoms with Crippen molar-refractivity contribution in [1.82, 2.24) is 14.5 Å². The van der Waals surface area contributed by atoms with Gasteiger partial charge in [-0.1, -0.05) is 12.8 Å². The second kappa shape index (κ2) is 5.37. The normalized spacial score (nSPS) is 16.3. The third kappa shape index (κ3) is 2.41. The summed E-state index contributed by atoms with van der Waals surface area (Å²) in [5.41, 5.74) is 1.79. The van der Waals surface area contributed by atoms with Crippen LogP contribution in [0.1, 0.15) is 31.5 Å². The lowest BCUT2D eigenvalue weighted by molar-refractivity contribution is 0.397. The quantitative estimate of drug-likeness (QED) is 0.806. The molecule has 5 heteroatoms. The van der Waals surface area contributed by atoms with E-state index >= 15 is 0 Å². The van der Waals surface area contributed by atoms with E-state index in [0.717, 1.165) is 29.5 Å². The molecule has 19 heavy (non-hydrogen) atoms. The van der Waals surface area contributed by atoms with Crippen molar-refractivity contribution >= 4 is 22.8 Å². The van der Waals surface area contributed by atoms with Gasteiger partial charge in [0.25, 0.3) is 0 Å². The summed E-state index contributed by atoms with van der Waals surface area (Å²) in [5.74, 6) is 2.68. The molecule has 0 saturated heterocycles. The maximum absolute atomic E-state index is 6.02. The van der Waals surface area contributed by atoms with Crippen molar-refractivity contribution in [3.63, 3.8) is 0 Å². The molecule has 0 aliphatic heterocycles. The zero-order valence-electron chi connectivity index (χ0n) is 11.1. The van der Waals surface area contributed by atoms with Crippen molar-refractivity contribution in [2.75, 3.05) is 7.11 Å². The van der Waals surface area contributed by atoms with Crippen molar-refractivity contribution in [3.8, 4) is 5.88 Å². The number of hydrogen-bond donors (Lipinski definition) is 0. The molecule has 0 amide bonds. The van der Waals surface area contributed by atoms with E-state index in [0.29, 0.717) is 11.8 Å². The Labute approximate surface area is 117 Å². The van der Waals surface area contributed by atoms with E-state index in [9.17, 15) is 0 Å². The third-order valence-corrected chi connectivity index (χ3v) is 4.13. The number of methoxy groups -OCH3 is 1. The molecule has 0 atom stereocenters. The van der Waals surface area contributed by atoms with E-state index in [1.807, 2.05) is 12.1 Å². The Bertz CT molecular complexity index is 575. The van der Waals surface area contributed by atoms with Gasteiger partial charge in [0.15, 0.2) is 5.65 Å². The molecule has 1 aliphatic rings. The van der Waals surface area contributed by atoms with Gasteiger partial charge in [0.2, 0.25) is 5.88 Å². The van der Waals surface area contributed by atoms with Crippen LogP contribution in [0.2, 0.25) is 0 Å². The van der Waals surface area contributed by atoms with Crippen LogP contribution in [-0.4, -0.2) is 21.6 Å². The fourth-order valence-electron chi connectivity index (χ4n) is 2.89. The molecule has 2 aromatic rings. The standard InChI is InChI=1S/C14H18ClN3O/c1-19-13-7-6-11-14(17-13)18(12(8-15)16-11)9-10-4-2-3-5-10/h6-7,10H,2-5,8-9H2,1H3. The molecule has 0 spiro atoms. The Morgan fingerprint density at radius 1 is 1.32 bits per heavy atom. The first-order valence-electron chi connectivity index (χ1n) is 6.78. The number of aromatic nitrogens is 3. The maximum atomic E-state index is 6.02. The maximum Gasteiger partial charge on any atom is 0.215 e. The minimum atomic E-state index is 0.422. The van der Waals surface area contributed by atoms with Crippen LogP contribution in [-0.2, 0) is 12.4 Å². The highest BCUT2D eigenvalue weighted by Crippen LogP contribution is 2.28. The van der Waals surface area contributed by atoms with Crippen LogP contribution in [0.15, 0.2) is 12.1 Å². The number of pyridine rings is 1. The summed E-state index contributed by atoms with van der Waals surface area (Å²) in [6, 6.07) is 3.79. The molecule has 0 unspecified atom stereocenters. The highest BCUT2D eigenvalue weighted by atomic mass is 35.5. The van der Waals surface area contributed by atoms with Crippen LogP contribution in [0.5, 0.6) is 5.88 Å². The van der Waals surface area contributed by atoms with Crippen LogP contribution in [0, 0.1) is 5.92 Å². The highest BCUT2D eigenvalue weighted by molar-refractivity contribution is 6.16. The molecule has 102 valence electrons. The van der Waals surface area contributed by atoms with E-state index in [1.54, 1.807) is 7.11 Å². The number of imidazole rings is 1. The third-order valence-electron chi connectivity index (χ3n) is 3.89. The van der Waals surface area contributed by atoms with Crippen molar-refractivity contribution in [1.29, 1.82) is 0 Å². The first-order valence-corrected chi connectivity index (χ1v) is 7.31. The lowest BCUT2D eigenvalue weighted by atomic mass is 10.1. The first kappa shape index (κ1) is 12.7. The summed E-state index contributed by atoms with van der Waals surface area (Å²) in [6.07, 6.45) is 5.27. The molecule has 1 aliphatic carbocycles. The molecule has 0 radical (unpaired) electrons. The molecule has 3 rings (SSSR count). The fourth-order valence-corrected chi connectivity index (χ4v) is 3.09. The van der Waals surface area contributed by atoms with Crippen molar-refractivity contribution in [3.05, 3.63) is 18.0 Å². The predicted molar refractivity (Wildman–Crippen MR) is 75.6 cm³/mol. The number of rotatable bonds is 4. The summed E-state index contributed by atoms with van der Waals surface area (Å²) < 4.78 is 7.37. The smallest absolute Gasteiger partial charge is 0.215 e. The van der Waals surface area contributed by atoms with Gasteiger partial charge in [-0.3, -0.25) is 0 Å². The number of nitrogens with zero attached hydrogens (tertiary/aromatic N) is 3. The van der Waals surface area contributed by atoms with Crippen molar-refractivity contribution in [2.24, 2.45) is 5.92 Å². The van der Waals surface area contributed by atoms with Gasteiger partial charge in [0, 0.05) is 12.6 Å². The molecule has 0 N–H and O–H groups in total. The zero-order valence-corrected chi connectivity index (χ0v) is 11.9. The van der Waals surface area contributed by atoms with Crippen LogP contribution < -0.4 is 4.74 Å². The first-order chi connectivity index (χ1) is 9.31. The number of ether oxygens (including phenoxy) is 1. The summed E-state index contributed by atoms with van der Waals surface area (Å²) >= 11 is 6.02. The van der Waals surface area contributed by atoms with Crippen molar-refractivity contribution < 1.29 is 4.74 Å². The average Bonchev–Trinajstić information content (AvgIpc) is 3.07. The highest BCUT2D eigenvalue weighted by Gasteiger charge is 2.19. The van der Waals surface area contributed by atoms with Gasteiger partial charge < -0.3 is 9.30 Å². The van der Waals surface area contributed by atoms with Gasteiger partial charge in [-0.2, -0.15) is 4.98 Å². The molecule has 4 nitrogen and oxygen atoms in total. The Morgan fingerprint density at radius 3 is 2.79 bits per heavy atom. The topological polar surface area (TPSA) is 39.9 Å². The van der Waals surface area contributed by atoms with E-state index in [2.05, 4.69) is 14.5 Å². The number of halogens is 1. The van der Waals surface area contributed by atoms with E-state index in [4.69, 9.17) is 16.3 Å². The molecule has 0 bridgehead atoms. The Kier molecular flexibility index (Phi) is 3.60. The molecule has 1 fully saturated rings. The summed E-state index contributed by atoms with van der Waals surface area (Å²) in [4.78, 5) is 9.09. The molecular formula is C14H18ClN3O. The van der Waals surface area contributed by atoms with Crippen LogP contribution >= 0.6 is 11.6 Å². The number of fused-ring (bicyclic) bond motifs is 1. The molecule has 2 heterocycles.